The Balaban J connectivity index is 2.55. The van der Waals surface area contributed by atoms with Crippen LogP contribution in [0.1, 0.15) is 52.0 Å². The van der Waals surface area contributed by atoms with Crippen molar-refractivity contribution in [2.24, 2.45) is 5.92 Å². The SMILES string of the molecule is CCCCC(CC)CNC(=O)Nc1ccc(C)c(NC(C)=O)c1. The smallest absolute Gasteiger partial charge is 0.319 e. The van der Waals surface area contributed by atoms with Gasteiger partial charge in [0, 0.05) is 24.8 Å². The van der Waals surface area contributed by atoms with Crippen molar-refractivity contribution in [3.05, 3.63) is 23.8 Å². The zero-order valence-corrected chi connectivity index (χ0v) is 14.7. The summed E-state index contributed by atoms with van der Waals surface area (Å²) in [4.78, 5) is 23.2. The first kappa shape index (κ1) is 19.0. The number of rotatable bonds is 8. The number of amides is 3. The number of unbranched alkanes of at least 4 members (excludes halogenated alkanes) is 1. The normalized spacial score (nSPS) is 11.7. The van der Waals surface area contributed by atoms with E-state index in [9.17, 15) is 9.59 Å². The molecular formula is C18H29N3O2. The lowest BCUT2D eigenvalue weighted by atomic mass is 9.99. The molecule has 0 spiro atoms. The minimum Gasteiger partial charge on any atom is -0.338 e. The second-order valence-electron chi connectivity index (χ2n) is 5.96. The van der Waals surface area contributed by atoms with Gasteiger partial charge in [0.2, 0.25) is 5.91 Å². The second kappa shape index (κ2) is 9.87. The number of urea groups is 1. The summed E-state index contributed by atoms with van der Waals surface area (Å²) in [5.74, 6) is 0.394. The Hall–Kier alpha value is -2.04. The summed E-state index contributed by atoms with van der Waals surface area (Å²) in [5.41, 5.74) is 2.33. The van der Waals surface area contributed by atoms with Crippen LogP contribution in [0.15, 0.2) is 18.2 Å². The van der Waals surface area contributed by atoms with Crippen molar-refractivity contribution in [3.8, 4) is 0 Å². The standard InChI is InChI=1S/C18H29N3O2/c1-5-7-8-15(6-2)12-19-18(23)21-16-10-9-13(3)17(11-16)20-14(4)22/h9-11,15H,5-8,12H2,1-4H3,(H,20,22)(H2,19,21,23). The van der Waals surface area contributed by atoms with E-state index < -0.39 is 0 Å². The summed E-state index contributed by atoms with van der Waals surface area (Å²) in [6, 6.07) is 5.26. The maximum Gasteiger partial charge on any atom is 0.319 e. The average Bonchev–Trinajstić information content (AvgIpc) is 2.50. The van der Waals surface area contributed by atoms with E-state index in [1.165, 1.54) is 19.8 Å². The molecule has 1 atom stereocenters. The molecule has 0 bridgehead atoms. The molecule has 0 aromatic heterocycles. The van der Waals surface area contributed by atoms with E-state index >= 15 is 0 Å². The van der Waals surface area contributed by atoms with Crippen LogP contribution in [0.5, 0.6) is 0 Å². The molecular weight excluding hydrogens is 290 g/mol. The van der Waals surface area contributed by atoms with Gasteiger partial charge in [-0.25, -0.2) is 4.79 Å². The van der Waals surface area contributed by atoms with Crippen LogP contribution in [-0.2, 0) is 4.79 Å². The lowest BCUT2D eigenvalue weighted by Crippen LogP contribution is -2.33. The van der Waals surface area contributed by atoms with Gasteiger partial charge in [-0.15, -0.1) is 0 Å². The Bertz CT molecular complexity index is 529. The van der Waals surface area contributed by atoms with E-state index in [2.05, 4.69) is 29.8 Å². The Morgan fingerprint density at radius 1 is 1.17 bits per heavy atom. The fraction of sp³-hybridized carbons (Fsp3) is 0.556. The Morgan fingerprint density at radius 2 is 1.91 bits per heavy atom. The number of hydrogen-bond acceptors (Lipinski definition) is 2. The predicted molar refractivity (Wildman–Crippen MR) is 95.8 cm³/mol. The van der Waals surface area contributed by atoms with Crippen molar-refractivity contribution in [3.63, 3.8) is 0 Å². The van der Waals surface area contributed by atoms with Crippen LogP contribution in [-0.4, -0.2) is 18.5 Å². The van der Waals surface area contributed by atoms with Crippen LogP contribution < -0.4 is 16.0 Å². The molecule has 3 amide bonds. The Labute approximate surface area is 139 Å². The topological polar surface area (TPSA) is 70.2 Å². The van der Waals surface area contributed by atoms with Crippen molar-refractivity contribution in [2.75, 3.05) is 17.2 Å². The highest BCUT2D eigenvalue weighted by atomic mass is 16.2. The number of benzene rings is 1. The van der Waals surface area contributed by atoms with E-state index in [-0.39, 0.29) is 11.9 Å². The fourth-order valence-corrected chi connectivity index (χ4v) is 2.38. The first-order chi connectivity index (χ1) is 11.0. The van der Waals surface area contributed by atoms with Gasteiger partial charge in [0.05, 0.1) is 0 Å². The van der Waals surface area contributed by atoms with Gasteiger partial charge >= 0.3 is 6.03 Å². The van der Waals surface area contributed by atoms with E-state index in [1.54, 1.807) is 6.07 Å². The highest BCUT2D eigenvalue weighted by Crippen LogP contribution is 2.20. The Morgan fingerprint density at radius 3 is 2.52 bits per heavy atom. The summed E-state index contributed by atoms with van der Waals surface area (Å²) in [6.07, 6.45) is 4.58. The van der Waals surface area contributed by atoms with Crippen molar-refractivity contribution < 1.29 is 9.59 Å². The molecule has 0 radical (unpaired) electrons. The second-order valence-corrected chi connectivity index (χ2v) is 5.96. The third kappa shape index (κ3) is 7.17. The quantitative estimate of drug-likeness (QED) is 0.669. The lowest BCUT2D eigenvalue weighted by Gasteiger charge is -2.16. The van der Waals surface area contributed by atoms with Crippen molar-refractivity contribution in [1.82, 2.24) is 5.32 Å². The minimum absolute atomic E-state index is 0.128. The van der Waals surface area contributed by atoms with Crippen molar-refractivity contribution in [2.45, 2.75) is 53.4 Å². The maximum absolute atomic E-state index is 12.0. The molecule has 23 heavy (non-hydrogen) atoms. The third-order valence-electron chi connectivity index (χ3n) is 3.90. The van der Waals surface area contributed by atoms with Gasteiger partial charge in [0.25, 0.3) is 0 Å². The molecule has 5 heteroatoms. The van der Waals surface area contributed by atoms with Gasteiger partial charge in [-0.05, 0) is 37.0 Å². The molecule has 1 unspecified atom stereocenters. The minimum atomic E-state index is -0.211. The molecule has 0 fully saturated rings. The van der Waals surface area contributed by atoms with Gasteiger partial charge in [-0.3, -0.25) is 4.79 Å². The van der Waals surface area contributed by atoms with Crippen LogP contribution in [0.3, 0.4) is 0 Å². The molecule has 1 aromatic rings. The number of nitrogens with one attached hydrogen (secondary N) is 3. The van der Waals surface area contributed by atoms with Crippen LogP contribution in [0.4, 0.5) is 16.2 Å². The molecule has 0 aliphatic heterocycles. The number of carbonyl (C=O) groups is 2. The van der Waals surface area contributed by atoms with E-state index in [4.69, 9.17) is 0 Å². The molecule has 0 aliphatic rings. The number of anilines is 2. The highest BCUT2D eigenvalue weighted by Gasteiger charge is 2.09. The molecule has 0 heterocycles. The van der Waals surface area contributed by atoms with Gasteiger partial charge in [-0.2, -0.15) is 0 Å². The lowest BCUT2D eigenvalue weighted by molar-refractivity contribution is -0.114. The van der Waals surface area contributed by atoms with Gasteiger partial charge < -0.3 is 16.0 Å². The summed E-state index contributed by atoms with van der Waals surface area (Å²) in [5, 5.41) is 8.50. The van der Waals surface area contributed by atoms with Gasteiger partial charge in [0.1, 0.15) is 0 Å². The van der Waals surface area contributed by atoms with E-state index in [0.29, 0.717) is 23.8 Å². The molecule has 5 nitrogen and oxygen atoms in total. The first-order valence-electron chi connectivity index (χ1n) is 8.39. The largest absolute Gasteiger partial charge is 0.338 e. The number of carbonyl (C=O) groups excluding carboxylic acids is 2. The van der Waals surface area contributed by atoms with Crippen LogP contribution in [0.2, 0.25) is 0 Å². The number of hydrogen-bond donors (Lipinski definition) is 3. The monoisotopic (exact) mass is 319 g/mol. The third-order valence-corrected chi connectivity index (χ3v) is 3.90. The average molecular weight is 319 g/mol. The summed E-state index contributed by atoms with van der Waals surface area (Å²) >= 11 is 0. The van der Waals surface area contributed by atoms with Gasteiger partial charge in [-0.1, -0.05) is 39.2 Å². The molecule has 0 saturated carbocycles. The molecule has 3 N–H and O–H groups in total. The molecule has 1 aromatic carbocycles. The van der Waals surface area contributed by atoms with E-state index in [0.717, 1.165) is 18.4 Å². The van der Waals surface area contributed by atoms with Crippen LogP contribution in [0.25, 0.3) is 0 Å². The summed E-state index contributed by atoms with van der Waals surface area (Å²) in [7, 11) is 0. The fourth-order valence-electron chi connectivity index (χ4n) is 2.38. The Kier molecular flexibility index (Phi) is 8.16. The molecule has 128 valence electrons. The van der Waals surface area contributed by atoms with Crippen LogP contribution in [0, 0.1) is 12.8 Å². The number of aryl methyl sites for hydroxylation is 1. The first-order valence-corrected chi connectivity index (χ1v) is 8.39. The van der Waals surface area contributed by atoms with Crippen molar-refractivity contribution >= 4 is 23.3 Å². The molecule has 0 saturated heterocycles. The zero-order chi connectivity index (χ0) is 17.2. The highest BCUT2D eigenvalue weighted by molar-refractivity contribution is 5.93. The predicted octanol–water partition coefficient (Wildman–Crippen LogP) is 4.29. The van der Waals surface area contributed by atoms with E-state index in [1.807, 2.05) is 19.1 Å². The van der Waals surface area contributed by atoms with Gasteiger partial charge in [0.15, 0.2) is 0 Å². The van der Waals surface area contributed by atoms with Crippen LogP contribution >= 0.6 is 0 Å². The van der Waals surface area contributed by atoms with Crippen molar-refractivity contribution in [1.29, 1.82) is 0 Å². The molecule has 1 rings (SSSR count). The summed E-state index contributed by atoms with van der Waals surface area (Å²) in [6.45, 7) is 8.39. The maximum atomic E-state index is 12.0. The molecule has 0 aliphatic carbocycles. The zero-order valence-electron chi connectivity index (χ0n) is 14.7. The summed E-state index contributed by atoms with van der Waals surface area (Å²) < 4.78 is 0.